The van der Waals surface area contributed by atoms with Gasteiger partial charge in [0.2, 0.25) is 0 Å². The van der Waals surface area contributed by atoms with Gasteiger partial charge >= 0.3 is 0 Å². The van der Waals surface area contributed by atoms with Crippen LogP contribution < -0.4 is 10.6 Å². The first-order valence-electron chi connectivity index (χ1n) is 6.93. The summed E-state index contributed by atoms with van der Waals surface area (Å²) >= 11 is 6.05. The van der Waals surface area contributed by atoms with Gasteiger partial charge in [-0.1, -0.05) is 23.7 Å². The zero-order valence-electron chi connectivity index (χ0n) is 12.5. The van der Waals surface area contributed by atoms with Crippen LogP contribution in [0, 0.1) is 5.82 Å². The minimum Gasteiger partial charge on any atom is -0.368 e. The molecule has 2 atom stereocenters. The molecule has 0 heterocycles. The van der Waals surface area contributed by atoms with E-state index in [1.54, 1.807) is 6.07 Å². The maximum Gasteiger partial charge on any atom is 0.123 e. The van der Waals surface area contributed by atoms with Crippen LogP contribution in [0.1, 0.15) is 37.1 Å². The summed E-state index contributed by atoms with van der Waals surface area (Å²) in [6.45, 7) is 3.94. The van der Waals surface area contributed by atoms with Gasteiger partial charge in [0, 0.05) is 23.8 Å². The second-order valence-corrected chi connectivity index (χ2v) is 5.77. The second kappa shape index (κ2) is 6.46. The van der Waals surface area contributed by atoms with Crippen molar-refractivity contribution in [1.29, 1.82) is 0 Å². The van der Waals surface area contributed by atoms with Crippen LogP contribution in [0.5, 0.6) is 0 Å². The number of hydrogen-bond acceptors (Lipinski definition) is 2. The van der Waals surface area contributed by atoms with Crippen molar-refractivity contribution in [3.8, 4) is 0 Å². The summed E-state index contributed by atoms with van der Waals surface area (Å²) in [7, 11) is 1.98. The first-order valence-corrected chi connectivity index (χ1v) is 7.31. The smallest absolute Gasteiger partial charge is 0.123 e. The summed E-state index contributed by atoms with van der Waals surface area (Å²) in [6.07, 6.45) is 0. The Morgan fingerprint density at radius 2 is 1.86 bits per heavy atom. The van der Waals surface area contributed by atoms with Gasteiger partial charge in [0.15, 0.2) is 0 Å². The van der Waals surface area contributed by atoms with Gasteiger partial charge in [-0.15, -0.1) is 0 Å². The van der Waals surface area contributed by atoms with Gasteiger partial charge in [0.05, 0.1) is 6.04 Å². The summed E-state index contributed by atoms with van der Waals surface area (Å²) in [5, 5.41) is 0.708. The predicted octanol–water partition coefficient (Wildman–Crippen LogP) is 4.70. The molecule has 0 bridgehead atoms. The van der Waals surface area contributed by atoms with Crippen LogP contribution in [0.4, 0.5) is 10.1 Å². The maximum atomic E-state index is 13.5. The Balaban J connectivity index is 2.37. The predicted molar refractivity (Wildman–Crippen MR) is 87.3 cm³/mol. The molecule has 0 amide bonds. The van der Waals surface area contributed by atoms with Gasteiger partial charge in [0.1, 0.15) is 5.82 Å². The molecule has 4 heteroatoms. The number of hydrogen-bond donors (Lipinski definition) is 1. The van der Waals surface area contributed by atoms with E-state index in [2.05, 4.69) is 11.8 Å². The van der Waals surface area contributed by atoms with E-state index in [-0.39, 0.29) is 17.9 Å². The van der Waals surface area contributed by atoms with E-state index in [4.69, 9.17) is 17.3 Å². The number of nitrogens with zero attached hydrogens (tertiary/aromatic N) is 1. The molecule has 2 nitrogen and oxygen atoms in total. The van der Waals surface area contributed by atoms with Gasteiger partial charge < -0.3 is 10.6 Å². The minimum atomic E-state index is -0.269. The lowest BCUT2D eigenvalue weighted by Gasteiger charge is -2.30. The summed E-state index contributed by atoms with van der Waals surface area (Å²) in [5.74, 6) is -0.269. The molecule has 0 saturated heterocycles. The minimum absolute atomic E-state index is 0.103. The van der Waals surface area contributed by atoms with Crippen molar-refractivity contribution in [1.82, 2.24) is 0 Å². The van der Waals surface area contributed by atoms with Crippen LogP contribution in [0.3, 0.4) is 0 Å². The highest BCUT2D eigenvalue weighted by molar-refractivity contribution is 6.30. The average molecular weight is 307 g/mol. The molecule has 0 radical (unpaired) electrons. The molecule has 0 aliphatic heterocycles. The average Bonchev–Trinajstić information content (AvgIpc) is 2.45. The first-order chi connectivity index (χ1) is 9.90. The van der Waals surface area contributed by atoms with Gasteiger partial charge in [-0.3, -0.25) is 0 Å². The molecule has 2 N–H and O–H groups in total. The molecule has 2 aromatic carbocycles. The zero-order chi connectivity index (χ0) is 15.6. The number of nitrogens with two attached hydrogens (primary N) is 1. The first kappa shape index (κ1) is 15.8. The van der Waals surface area contributed by atoms with Crippen LogP contribution in [0.15, 0.2) is 42.5 Å². The molecular weight excluding hydrogens is 287 g/mol. The molecule has 21 heavy (non-hydrogen) atoms. The largest absolute Gasteiger partial charge is 0.368 e. The van der Waals surface area contributed by atoms with E-state index in [1.165, 1.54) is 12.1 Å². The molecule has 2 rings (SSSR count). The third kappa shape index (κ3) is 3.55. The number of benzene rings is 2. The highest BCUT2D eigenvalue weighted by Gasteiger charge is 2.17. The Labute approximate surface area is 130 Å². The maximum absolute atomic E-state index is 13.5. The lowest BCUT2D eigenvalue weighted by molar-refractivity contribution is 0.620. The Hall–Kier alpha value is -1.58. The molecule has 0 aliphatic rings. The van der Waals surface area contributed by atoms with E-state index in [0.717, 1.165) is 16.8 Å². The highest BCUT2D eigenvalue weighted by atomic mass is 35.5. The molecule has 0 fully saturated rings. The van der Waals surface area contributed by atoms with Crippen molar-refractivity contribution in [3.05, 3.63) is 64.4 Å². The Kier molecular flexibility index (Phi) is 4.86. The molecular formula is C17H20ClFN2. The summed E-state index contributed by atoms with van der Waals surface area (Å²) in [5.41, 5.74) is 8.80. The number of anilines is 1. The molecule has 0 aromatic heterocycles. The van der Waals surface area contributed by atoms with Crippen molar-refractivity contribution in [3.63, 3.8) is 0 Å². The fourth-order valence-corrected chi connectivity index (χ4v) is 2.61. The van der Waals surface area contributed by atoms with Crippen molar-refractivity contribution < 1.29 is 4.39 Å². The van der Waals surface area contributed by atoms with Crippen molar-refractivity contribution in [2.45, 2.75) is 25.9 Å². The fraction of sp³-hybridized carbons (Fsp3) is 0.294. The molecule has 2 aromatic rings. The van der Waals surface area contributed by atoms with E-state index in [1.807, 2.05) is 38.2 Å². The van der Waals surface area contributed by atoms with Crippen LogP contribution in [0.2, 0.25) is 5.02 Å². The number of rotatable bonds is 4. The molecule has 0 aliphatic carbocycles. The highest BCUT2D eigenvalue weighted by Crippen LogP contribution is 2.32. The summed E-state index contributed by atoms with van der Waals surface area (Å²) < 4.78 is 13.5. The number of halogens is 2. The van der Waals surface area contributed by atoms with Crippen LogP contribution in [-0.2, 0) is 0 Å². The van der Waals surface area contributed by atoms with E-state index >= 15 is 0 Å². The molecule has 0 saturated carbocycles. The quantitative estimate of drug-likeness (QED) is 0.887. The van der Waals surface area contributed by atoms with E-state index in [0.29, 0.717) is 5.02 Å². The second-order valence-electron chi connectivity index (χ2n) is 5.33. The Morgan fingerprint density at radius 3 is 2.48 bits per heavy atom. The van der Waals surface area contributed by atoms with Gasteiger partial charge in [-0.2, -0.15) is 0 Å². The molecule has 0 spiro atoms. The van der Waals surface area contributed by atoms with Crippen molar-refractivity contribution >= 4 is 17.3 Å². The van der Waals surface area contributed by atoms with Crippen molar-refractivity contribution in [2.75, 3.05) is 11.9 Å². The SMILES string of the molecule is CC(N)c1cc(F)ccc1N(C)C(C)c1cccc(Cl)c1. The Morgan fingerprint density at radius 1 is 1.14 bits per heavy atom. The van der Waals surface area contributed by atoms with Crippen molar-refractivity contribution in [2.24, 2.45) is 5.73 Å². The van der Waals surface area contributed by atoms with Gasteiger partial charge in [0.25, 0.3) is 0 Å². The molecule has 2 unspecified atom stereocenters. The summed E-state index contributed by atoms with van der Waals surface area (Å²) in [6, 6.07) is 12.4. The summed E-state index contributed by atoms with van der Waals surface area (Å²) in [4.78, 5) is 2.09. The van der Waals surface area contributed by atoms with Crippen LogP contribution >= 0.6 is 11.6 Å². The standard InChI is InChI=1S/C17H20ClFN2/c1-11(20)16-10-15(19)7-8-17(16)21(3)12(2)13-5-4-6-14(18)9-13/h4-12H,20H2,1-3H3. The fourth-order valence-electron chi connectivity index (χ4n) is 2.41. The monoisotopic (exact) mass is 306 g/mol. The Bertz CT molecular complexity index is 628. The van der Waals surface area contributed by atoms with Gasteiger partial charge in [-0.25, -0.2) is 4.39 Å². The third-order valence-corrected chi connectivity index (χ3v) is 4.01. The normalized spacial score (nSPS) is 13.8. The zero-order valence-corrected chi connectivity index (χ0v) is 13.2. The van der Waals surface area contributed by atoms with Crippen LogP contribution in [0.25, 0.3) is 0 Å². The lowest BCUT2D eigenvalue weighted by Crippen LogP contribution is -2.24. The van der Waals surface area contributed by atoms with Crippen LogP contribution in [-0.4, -0.2) is 7.05 Å². The van der Waals surface area contributed by atoms with E-state index in [9.17, 15) is 4.39 Å². The third-order valence-electron chi connectivity index (χ3n) is 3.77. The van der Waals surface area contributed by atoms with Gasteiger partial charge in [-0.05, 0) is 55.3 Å². The van der Waals surface area contributed by atoms with E-state index < -0.39 is 0 Å². The topological polar surface area (TPSA) is 29.3 Å². The molecule has 112 valence electrons. The lowest BCUT2D eigenvalue weighted by atomic mass is 10.0.